The first-order chi connectivity index (χ1) is 8.54. The van der Waals surface area contributed by atoms with Gasteiger partial charge in [0.2, 0.25) is 0 Å². The van der Waals surface area contributed by atoms with Crippen LogP contribution < -0.4 is 5.73 Å². The van der Waals surface area contributed by atoms with Crippen LogP contribution in [-0.2, 0) is 0 Å². The molecule has 0 fully saturated rings. The fraction of sp³-hybridized carbons (Fsp3) is 0.143. The van der Waals surface area contributed by atoms with Gasteiger partial charge in [-0.25, -0.2) is 4.98 Å². The second-order valence-corrected chi connectivity index (χ2v) is 4.99. The molecule has 0 bridgehead atoms. The van der Waals surface area contributed by atoms with E-state index in [0.717, 1.165) is 26.9 Å². The van der Waals surface area contributed by atoms with Crippen molar-refractivity contribution in [1.29, 1.82) is 5.26 Å². The van der Waals surface area contributed by atoms with Gasteiger partial charge in [-0.2, -0.15) is 5.26 Å². The summed E-state index contributed by atoms with van der Waals surface area (Å²) in [5, 5.41) is 9.25. The highest BCUT2D eigenvalue weighted by molar-refractivity contribution is 9.10. The molecule has 2 N–H and O–H groups in total. The van der Waals surface area contributed by atoms with Crippen LogP contribution in [0.5, 0.6) is 0 Å². The van der Waals surface area contributed by atoms with Crippen molar-refractivity contribution in [1.82, 2.24) is 4.98 Å². The molecule has 3 nitrogen and oxygen atoms in total. The molecule has 0 saturated heterocycles. The number of nitriles is 1. The van der Waals surface area contributed by atoms with Crippen LogP contribution in [-0.4, -0.2) is 4.98 Å². The van der Waals surface area contributed by atoms with E-state index in [1.165, 1.54) is 0 Å². The van der Waals surface area contributed by atoms with Crippen molar-refractivity contribution in [2.24, 2.45) is 0 Å². The van der Waals surface area contributed by atoms with Crippen LogP contribution in [0.3, 0.4) is 0 Å². The summed E-state index contributed by atoms with van der Waals surface area (Å²) in [5.41, 5.74) is 9.96. The zero-order valence-corrected chi connectivity index (χ0v) is 11.7. The summed E-state index contributed by atoms with van der Waals surface area (Å²) in [6.07, 6.45) is 0. The summed E-state index contributed by atoms with van der Waals surface area (Å²) in [5.74, 6) is 0.290. The third-order valence-corrected chi connectivity index (χ3v) is 3.49. The van der Waals surface area contributed by atoms with Crippen LogP contribution in [0.1, 0.15) is 16.8 Å². The predicted molar refractivity (Wildman–Crippen MR) is 76.0 cm³/mol. The molecule has 1 aromatic carbocycles. The molecule has 0 unspecified atom stereocenters. The zero-order chi connectivity index (χ0) is 13.3. The van der Waals surface area contributed by atoms with Gasteiger partial charge in [-0.15, -0.1) is 0 Å². The number of hydrogen-bond donors (Lipinski definition) is 1. The molecule has 2 rings (SSSR count). The SMILES string of the molecule is Cc1nc(N)c(C#N)c(-c2ccc(Br)cc2)c1C. The van der Waals surface area contributed by atoms with Crippen LogP contribution in [0, 0.1) is 25.2 Å². The Morgan fingerprint density at radius 2 is 1.83 bits per heavy atom. The number of pyridine rings is 1. The first-order valence-electron chi connectivity index (χ1n) is 5.47. The molecule has 4 heteroatoms. The van der Waals surface area contributed by atoms with Gasteiger partial charge in [-0.1, -0.05) is 28.1 Å². The van der Waals surface area contributed by atoms with Crippen molar-refractivity contribution in [3.63, 3.8) is 0 Å². The Hall–Kier alpha value is -1.86. The van der Waals surface area contributed by atoms with Gasteiger partial charge in [0, 0.05) is 15.7 Å². The van der Waals surface area contributed by atoms with Gasteiger partial charge in [0.1, 0.15) is 17.5 Å². The Morgan fingerprint density at radius 3 is 2.39 bits per heavy atom. The fourth-order valence-corrected chi connectivity index (χ4v) is 2.17. The van der Waals surface area contributed by atoms with E-state index in [1.54, 1.807) is 0 Å². The Bertz CT molecular complexity index is 640. The summed E-state index contributed by atoms with van der Waals surface area (Å²) < 4.78 is 1.00. The predicted octanol–water partition coefficient (Wildman–Crippen LogP) is 3.58. The number of hydrogen-bond acceptors (Lipinski definition) is 3. The molecule has 1 aromatic heterocycles. The van der Waals surface area contributed by atoms with E-state index < -0.39 is 0 Å². The topological polar surface area (TPSA) is 62.7 Å². The summed E-state index contributed by atoms with van der Waals surface area (Å²) in [4.78, 5) is 4.19. The van der Waals surface area contributed by atoms with E-state index >= 15 is 0 Å². The van der Waals surface area contributed by atoms with Crippen molar-refractivity contribution in [3.05, 3.63) is 45.6 Å². The van der Waals surface area contributed by atoms with Crippen molar-refractivity contribution in [2.75, 3.05) is 5.73 Å². The molecule has 1 heterocycles. The number of aromatic nitrogens is 1. The number of nitrogen functional groups attached to an aromatic ring is 1. The molecule has 0 aliphatic heterocycles. The van der Waals surface area contributed by atoms with Gasteiger partial charge < -0.3 is 5.73 Å². The number of halogens is 1. The van der Waals surface area contributed by atoms with E-state index in [2.05, 4.69) is 27.0 Å². The first-order valence-corrected chi connectivity index (χ1v) is 6.26. The molecule has 0 spiro atoms. The third-order valence-electron chi connectivity index (χ3n) is 2.96. The Kier molecular flexibility index (Phi) is 3.35. The van der Waals surface area contributed by atoms with Crippen molar-refractivity contribution >= 4 is 21.7 Å². The molecule has 90 valence electrons. The van der Waals surface area contributed by atoms with Gasteiger partial charge in [-0.05, 0) is 37.1 Å². The number of benzene rings is 1. The van der Waals surface area contributed by atoms with E-state index in [9.17, 15) is 5.26 Å². The fourth-order valence-electron chi connectivity index (χ4n) is 1.91. The highest BCUT2D eigenvalue weighted by Gasteiger charge is 2.14. The lowest BCUT2D eigenvalue weighted by atomic mass is 9.95. The minimum atomic E-state index is 0.290. The lowest BCUT2D eigenvalue weighted by Crippen LogP contribution is -2.02. The Morgan fingerprint density at radius 1 is 1.22 bits per heavy atom. The molecule has 18 heavy (non-hydrogen) atoms. The van der Waals surface area contributed by atoms with E-state index in [4.69, 9.17) is 5.73 Å². The number of anilines is 1. The van der Waals surface area contributed by atoms with Crippen molar-refractivity contribution < 1.29 is 0 Å². The van der Waals surface area contributed by atoms with Crippen LogP contribution >= 0.6 is 15.9 Å². The van der Waals surface area contributed by atoms with Gasteiger partial charge in [0.25, 0.3) is 0 Å². The monoisotopic (exact) mass is 301 g/mol. The van der Waals surface area contributed by atoms with Crippen molar-refractivity contribution in [2.45, 2.75) is 13.8 Å². The molecule has 0 aliphatic carbocycles. The lowest BCUT2D eigenvalue weighted by Gasteiger charge is -2.12. The molecule has 0 saturated carbocycles. The maximum Gasteiger partial charge on any atom is 0.142 e. The molecule has 0 aliphatic rings. The second-order valence-electron chi connectivity index (χ2n) is 4.08. The molecular weight excluding hydrogens is 290 g/mol. The minimum Gasteiger partial charge on any atom is -0.383 e. The van der Waals surface area contributed by atoms with Crippen LogP contribution in [0.4, 0.5) is 5.82 Å². The van der Waals surface area contributed by atoms with Crippen molar-refractivity contribution in [3.8, 4) is 17.2 Å². The average molecular weight is 302 g/mol. The zero-order valence-electron chi connectivity index (χ0n) is 10.2. The Labute approximate surface area is 114 Å². The smallest absolute Gasteiger partial charge is 0.142 e. The Balaban J connectivity index is 2.77. The summed E-state index contributed by atoms with van der Waals surface area (Å²) in [6.45, 7) is 3.86. The van der Waals surface area contributed by atoms with Gasteiger partial charge in [0.05, 0.1) is 0 Å². The highest BCUT2D eigenvalue weighted by Crippen LogP contribution is 2.31. The van der Waals surface area contributed by atoms with Gasteiger partial charge >= 0.3 is 0 Å². The number of nitrogens with two attached hydrogens (primary N) is 1. The molecule has 0 radical (unpaired) electrons. The average Bonchev–Trinajstić information content (AvgIpc) is 2.35. The normalized spacial score (nSPS) is 10.1. The molecule has 2 aromatic rings. The van der Waals surface area contributed by atoms with E-state index in [-0.39, 0.29) is 0 Å². The van der Waals surface area contributed by atoms with E-state index in [1.807, 2.05) is 38.1 Å². The number of aryl methyl sites for hydroxylation is 1. The quantitative estimate of drug-likeness (QED) is 0.875. The maximum absolute atomic E-state index is 9.25. The summed E-state index contributed by atoms with van der Waals surface area (Å²) in [7, 11) is 0. The summed E-state index contributed by atoms with van der Waals surface area (Å²) in [6, 6.07) is 9.97. The third kappa shape index (κ3) is 2.09. The largest absolute Gasteiger partial charge is 0.383 e. The van der Waals surface area contributed by atoms with Crippen LogP contribution in [0.25, 0.3) is 11.1 Å². The van der Waals surface area contributed by atoms with Crippen LogP contribution in [0.2, 0.25) is 0 Å². The maximum atomic E-state index is 9.25. The molecule has 0 amide bonds. The second kappa shape index (κ2) is 4.79. The van der Waals surface area contributed by atoms with Gasteiger partial charge in [-0.3, -0.25) is 0 Å². The first kappa shape index (κ1) is 12.6. The van der Waals surface area contributed by atoms with E-state index in [0.29, 0.717) is 11.4 Å². The highest BCUT2D eigenvalue weighted by atomic mass is 79.9. The summed E-state index contributed by atoms with van der Waals surface area (Å²) >= 11 is 3.40. The standard InChI is InChI=1S/C14H12BrN3/c1-8-9(2)18-14(17)12(7-16)13(8)10-3-5-11(15)6-4-10/h3-6H,1-2H3,(H2,17,18). The molecule has 0 atom stereocenters. The minimum absolute atomic E-state index is 0.290. The number of rotatable bonds is 1. The lowest BCUT2D eigenvalue weighted by molar-refractivity contribution is 1.15. The van der Waals surface area contributed by atoms with Crippen LogP contribution in [0.15, 0.2) is 28.7 Å². The number of nitrogens with zero attached hydrogens (tertiary/aromatic N) is 2. The molecular formula is C14H12BrN3. The van der Waals surface area contributed by atoms with Gasteiger partial charge in [0.15, 0.2) is 0 Å².